The van der Waals surface area contributed by atoms with E-state index in [0.717, 1.165) is 48.8 Å². The van der Waals surface area contributed by atoms with E-state index in [0.29, 0.717) is 28.5 Å². The smallest absolute Gasteiger partial charge is 0.238 e. The van der Waals surface area contributed by atoms with Crippen LogP contribution >= 0.6 is 11.6 Å². The summed E-state index contributed by atoms with van der Waals surface area (Å²) in [6, 6.07) is 12.6. The van der Waals surface area contributed by atoms with E-state index in [1.165, 1.54) is 6.42 Å². The lowest BCUT2D eigenvalue weighted by Gasteiger charge is -2.25. The lowest BCUT2D eigenvalue weighted by molar-refractivity contribution is -0.117. The summed E-state index contributed by atoms with van der Waals surface area (Å²) in [5, 5.41) is 7.79. The van der Waals surface area contributed by atoms with Crippen LogP contribution in [-0.4, -0.2) is 41.7 Å². The zero-order chi connectivity index (χ0) is 20.9. The molecule has 1 aliphatic heterocycles. The molecule has 1 fully saturated rings. The van der Waals surface area contributed by atoms with Gasteiger partial charge in [-0.15, -0.1) is 0 Å². The predicted octanol–water partition coefficient (Wildman–Crippen LogP) is 4.87. The Morgan fingerprint density at radius 2 is 1.87 bits per heavy atom. The number of likely N-dealkylation sites (tertiary alicyclic amines) is 1. The van der Waals surface area contributed by atoms with Gasteiger partial charge in [-0.05, 0) is 68.4 Å². The standard InChI is InChI=1S/C23H23ClN4O2/c24-17-4-5-20-21(6-7-25-22(20)12-17)26-18-10-16(15-29)11-19(13-18)27-23(30)14-28-8-2-1-3-9-28/h4-7,10-13,15H,1-3,8-9,14H2,(H,25,26)(H,27,30). The Morgan fingerprint density at radius 1 is 1.07 bits per heavy atom. The van der Waals surface area contributed by atoms with E-state index >= 15 is 0 Å². The minimum Gasteiger partial charge on any atom is -0.355 e. The molecule has 1 aromatic heterocycles. The van der Waals surface area contributed by atoms with Gasteiger partial charge >= 0.3 is 0 Å². The van der Waals surface area contributed by atoms with E-state index in [2.05, 4.69) is 20.5 Å². The van der Waals surface area contributed by atoms with Crippen molar-refractivity contribution in [3.05, 3.63) is 59.2 Å². The molecule has 2 N–H and O–H groups in total. The number of piperidine rings is 1. The molecular weight excluding hydrogens is 400 g/mol. The van der Waals surface area contributed by atoms with Gasteiger partial charge in [0, 0.05) is 39.2 Å². The number of halogens is 1. The van der Waals surface area contributed by atoms with Crippen LogP contribution in [0, 0.1) is 0 Å². The number of nitrogens with one attached hydrogen (secondary N) is 2. The third-order valence-corrected chi connectivity index (χ3v) is 5.41. The Hall–Kier alpha value is -2.96. The fourth-order valence-corrected chi connectivity index (χ4v) is 3.94. The van der Waals surface area contributed by atoms with Crippen LogP contribution in [0.3, 0.4) is 0 Å². The highest BCUT2D eigenvalue weighted by molar-refractivity contribution is 6.31. The Bertz CT molecular complexity index is 1080. The molecule has 30 heavy (non-hydrogen) atoms. The second-order valence-electron chi connectivity index (χ2n) is 7.49. The fourth-order valence-electron chi connectivity index (χ4n) is 3.77. The quantitative estimate of drug-likeness (QED) is 0.554. The zero-order valence-electron chi connectivity index (χ0n) is 16.5. The van der Waals surface area contributed by atoms with Gasteiger partial charge in [-0.2, -0.15) is 0 Å². The van der Waals surface area contributed by atoms with Crippen LogP contribution in [-0.2, 0) is 4.79 Å². The summed E-state index contributed by atoms with van der Waals surface area (Å²) >= 11 is 6.07. The van der Waals surface area contributed by atoms with Gasteiger partial charge in [0.2, 0.25) is 5.91 Å². The van der Waals surface area contributed by atoms with Gasteiger partial charge in [-0.25, -0.2) is 0 Å². The monoisotopic (exact) mass is 422 g/mol. The molecule has 154 valence electrons. The van der Waals surface area contributed by atoms with E-state index in [9.17, 15) is 9.59 Å². The largest absolute Gasteiger partial charge is 0.355 e. The minimum absolute atomic E-state index is 0.0742. The third-order valence-electron chi connectivity index (χ3n) is 5.17. The lowest BCUT2D eigenvalue weighted by atomic mass is 10.1. The molecule has 7 heteroatoms. The summed E-state index contributed by atoms with van der Waals surface area (Å²) in [5.74, 6) is -0.0742. The number of benzene rings is 2. The number of aromatic nitrogens is 1. The van der Waals surface area contributed by atoms with Crippen LogP contribution < -0.4 is 10.6 Å². The number of hydrogen-bond acceptors (Lipinski definition) is 5. The molecule has 3 aromatic rings. The number of carbonyl (C=O) groups excluding carboxylic acids is 2. The number of anilines is 3. The molecule has 0 bridgehead atoms. The molecule has 2 aromatic carbocycles. The SMILES string of the molecule is O=Cc1cc(NC(=O)CN2CCCCC2)cc(Nc2ccnc3cc(Cl)ccc23)c1. The zero-order valence-corrected chi connectivity index (χ0v) is 17.3. The van der Waals surface area contributed by atoms with Gasteiger partial charge in [0.25, 0.3) is 0 Å². The van der Waals surface area contributed by atoms with Crippen molar-refractivity contribution in [1.29, 1.82) is 0 Å². The minimum atomic E-state index is -0.0742. The highest BCUT2D eigenvalue weighted by Crippen LogP contribution is 2.28. The van der Waals surface area contributed by atoms with Crippen molar-refractivity contribution in [3.8, 4) is 0 Å². The second-order valence-corrected chi connectivity index (χ2v) is 7.93. The number of pyridine rings is 1. The van der Waals surface area contributed by atoms with Crippen LogP contribution in [0.15, 0.2) is 48.7 Å². The van der Waals surface area contributed by atoms with E-state index in [4.69, 9.17) is 11.6 Å². The molecular formula is C23H23ClN4O2. The number of amides is 1. The molecule has 4 rings (SSSR count). The lowest BCUT2D eigenvalue weighted by Crippen LogP contribution is -2.36. The Balaban J connectivity index is 1.54. The van der Waals surface area contributed by atoms with Crippen LogP contribution in [0.25, 0.3) is 10.9 Å². The van der Waals surface area contributed by atoms with Gasteiger partial charge in [-0.3, -0.25) is 19.5 Å². The maximum atomic E-state index is 12.5. The molecule has 1 saturated heterocycles. The van der Waals surface area contributed by atoms with Gasteiger partial charge < -0.3 is 10.6 Å². The molecule has 0 radical (unpaired) electrons. The van der Waals surface area contributed by atoms with Crippen molar-refractivity contribution in [2.75, 3.05) is 30.3 Å². The summed E-state index contributed by atoms with van der Waals surface area (Å²) in [6.45, 7) is 2.27. The topological polar surface area (TPSA) is 74.3 Å². The van der Waals surface area contributed by atoms with Crippen molar-refractivity contribution in [1.82, 2.24) is 9.88 Å². The molecule has 0 saturated carbocycles. The highest BCUT2D eigenvalue weighted by atomic mass is 35.5. The van der Waals surface area contributed by atoms with E-state index in [-0.39, 0.29) is 5.91 Å². The summed E-state index contributed by atoms with van der Waals surface area (Å²) in [7, 11) is 0. The molecule has 2 heterocycles. The normalized spacial score (nSPS) is 14.4. The number of hydrogen-bond donors (Lipinski definition) is 2. The summed E-state index contributed by atoms with van der Waals surface area (Å²) in [4.78, 5) is 30.4. The molecule has 1 aliphatic rings. The highest BCUT2D eigenvalue weighted by Gasteiger charge is 2.14. The molecule has 6 nitrogen and oxygen atoms in total. The van der Waals surface area contributed by atoms with Crippen LogP contribution in [0.4, 0.5) is 17.1 Å². The first-order valence-corrected chi connectivity index (χ1v) is 10.4. The first-order valence-electron chi connectivity index (χ1n) is 10.0. The second kappa shape index (κ2) is 9.24. The number of fused-ring (bicyclic) bond motifs is 1. The van der Waals surface area contributed by atoms with Gasteiger partial charge in [-0.1, -0.05) is 18.0 Å². The number of carbonyl (C=O) groups is 2. The average molecular weight is 423 g/mol. The Kier molecular flexibility index (Phi) is 6.26. The number of nitrogens with zero attached hydrogens (tertiary/aromatic N) is 2. The summed E-state index contributed by atoms with van der Waals surface area (Å²) in [6.07, 6.45) is 5.96. The summed E-state index contributed by atoms with van der Waals surface area (Å²) in [5.41, 5.74) is 3.38. The maximum Gasteiger partial charge on any atom is 0.238 e. The van der Waals surface area contributed by atoms with E-state index in [1.807, 2.05) is 24.3 Å². The molecule has 0 unspecified atom stereocenters. The molecule has 0 spiro atoms. The molecule has 0 atom stereocenters. The van der Waals surface area contributed by atoms with E-state index in [1.54, 1.807) is 24.4 Å². The first kappa shape index (κ1) is 20.3. The Labute approximate surface area is 180 Å². The van der Waals surface area contributed by atoms with Crippen LogP contribution in [0.1, 0.15) is 29.6 Å². The number of rotatable bonds is 6. The van der Waals surface area contributed by atoms with Crippen LogP contribution in [0.5, 0.6) is 0 Å². The molecule has 0 aliphatic carbocycles. The fraction of sp³-hybridized carbons (Fsp3) is 0.261. The Morgan fingerprint density at radius 3 is 2.67 bits per heavy atom. The molecule has 1 amide bonds. The van der Waals surface area contributed by atoms with Crippen molar-refractivity contribution in [2.45, 2.75) is 19.3 Å². The van der Waals surface area contributed by atoms with E-state index < -0.39 is 0 Å². The van der Waals surface area contributed by atoms with Gasteiger partial charge in [0.05, 0.1) is 12.1 Å². The predicted molar refractivity (Wildman–Crippen MR) is 121 cm³/mol. The van der Waals surface area contributed by atoms with Crippen molar-refractivity contribution in [2.24, 2.45) is 0 Å². The third kappa shape index (κ3) is 4.96. The van der Waals surface area contributed by atoms with Gasteiger partial charge in [0.15, 0.2) is 0 Å². The summed E-state index contributed by atoms with van der Waals surface area (Å²) < 4.78 is 0. The van der Waals surface area contributed by atoms with Crippen molar-refractivity contribution < 1.29 is 9.59 Å². The number of aldehydes is 1. The first-order chi connectivity index (χ1) is 14.6. The average Bonchev–Trinajstić information content (AvgIpc) is 2.74. The van der Waals surface area contributed by atoms with Crippen molar-refractivity contribution >= 4 is 51.8 Å². The van der Waals surface area contributed by atoms with Crippen LogP contribution in [0.2, 0.25) is 5.02 Å². The van der Waals surface area contributed by atoms with Crippen molar-refractivity contribution in [3.63, 3.8) is 0 Å². The van der Waals surface area contributed by atoms with Gasteiger partial charge in [0.1, 0.15) is 6.29 Å². The maximum absolute atomic E-state index is 12.5.